The zero-order chi connectivity index (χ0) is 7.56. The van der Waals surface area contributed by atoms with E-state index in [2.05, 4.69) is 30.6 Å². The predicted molar refractivity (Wildman–Crippen MR) is 42.0 cm³/mol. The summed E-state index contributed by atoms with van der Waals surface area (Å²) in [5.41, 5.74) is 1.24. The summed E-state index contributed by atoms with van der Waals surface area (Å²) in [6.45, 7) is 6.44. The molecule has 1 atom stereocenters. The summed E-state index contributed by atoms with van der Waals surface area (Å²) in [4.78, 5) is 0. The lowest BCUT2D eigenvalue weighted by atomic mass is 10.2. The van der Waals surface area contributed by atoms with Gasteiger partial charge in [-0.05, 0) is 26.3 Å². The first-order chi connectivity index (χ1) is 4.75. The van der Waals surface area contributed by atoms with Gasteiger partial charge in [-0.2, -0.15) is 5.10 Å². The average Bonchev–Trinajstić information content (AvgIpc) is 2.34. The Hall–Kier alpha value is -0.790. The smallest absolute Gasteiger partial charge is 0.0492 e. The van der Waals surface area contributed by atoms with Crippen molar-refractivity contribution in [3.8, 4) is 0 Å². The second kappa shape index (κ2) is 2.86. The molecule has 0 saturated carbocycles. The van der Waals surface area contributed by atoms with E-state index in [1.165, 1.54) is 5.69 Å². The number of hydrogen-bond acceptors (Lipinski definition) is 1. The first kappa shape index (κ1) is 7.32. The number of aromatic nitrogens is 2. The van der Waals surface area contributed by atoms with E-state index in [1.807, 2.05) is 12.3 Å². The van der Waals surface area contributed by atoms with Crippen LogP contribution in [-0.2, 0) is 0 Å². The molecule has 0 aromatic carbocycles. The molecule has 0 bridgehead atoms. The minimum atomic E-state index is 0.537. The van der Waals surface area contributed by atoms with Crippen molar-refractivity contribution in [2.24, 2.45) is 0 Å². The van der Waals surface area contributed by atoms with E-state index in [0.717, 1.165) is 6.42 Å². The topological polar surface area (TPSA) is 17.8 Å². The second-order valence-corrected chi connectivity index (χ2v) is 2.67. The van der Waals surface area contributed by atoms with Gasteiger partial charge < -0.3 is 0 Å². The highest BCUT2D eigenvalue weighted by Gasteiger charge is 2.02. The molecule has 2 heteroatoms. The molecule has 1 heterocycles. The van der Waals surface area contributed by atoms with E-state index < -0.39 is 0 Å². The van der Waals surface area contributed by atoms with E-state index in [-0.39, 0.29) is 0 Å². The fourth-order valence-corrected chi connectivity index (χ4v) is 1.01. The van der Waals surface area contributed by atoms with Crippen molar-refractivity contribution in [2.45, 2.75) is 33.2 Å². The van der Waals surface area contributed by atoms with Gasteiger partial charge in [0, 0.05) is 17.9 Å². The lowest BCUT2D eigenvalue weighted by Gasteiger charge is -2.10. The maximum absolute atomic E-state index is 4.20. The molecule has 1 rings (SSSR count). The van der Waals surface area contributed by atoms with Crippen LogP contribution >= 0.6 is 0 Å². The fraction of sp³-hybridized carbons (Fsp3) is 0.625. The summed E-state index contributed by atoms with van der Waals surface area (Å²) in [5, 5.41) is 4.20. The van der Waals surface area contributed by atoms with Crippen LogP contribution < -0.4 is 0 Å². The van der Waals surface area contributed by atoms with Crippen molar-refractivity contribution < 1.29 is 0 Å². The maximum Gasteiger partial charge on any atom is 0.0492 e. The minimum Gasteiger partial charge on any atom is -0.267 e. The SMILES string of the molecule is CC[C@@H](C)n1nccc1C. The maximum atomic E-state index is 4.20. The van der Waals surface area contributed by atoms with E-state index in [1.54, 1.807) is 0 Å². The molecule has 0 spiro atoms. The van der Waals surface area contributed by atoms with Crippen LogP contribution in [0, 0.1) is 6.92 Å². The van der Waals surface area contributed by atoms with Crippen LogP contribution in [-0.4, -0.2) is 9.78 Å². The molecule has 0 amide bonds. The quantitative estimate of drug-likeness (QED) is 0.612. The van der Waals surface area contributed by atoms with Crippen molar-refractivity contribution in [2.75, 3.05) is 0 Å². The molecular formula is C8H14N2. The number of hydrogen-bond donors (Lipinski definition) is 0. The van der Waals surface area contributed by atoms with Gasteiger partial charge in [-0.15, -0.1) is 0 Å². The first-order valence-electron chi connectivity index (χ1n) is 3.75. The van der Waals surface area contributed by atoms with E-state index in [0.29, 0.717) is 6.04 Å². The van der Waals surface area contributed by atoms with Gasteiger partial charge in [-0.1, -0.05) is 6.92 Å². The molecule has 0 saturated heterocycles. The summed E-state index contributed by atoms with van der Waals surface area (Å²) in [5.74, 6) is 0. The van der Waals surface area contributed by atoms with E-state index >= 15 is 0 Å². The van der Waals surface area contributed by atoms with Crippen LogP contribution in [0.2, 0.25) is 0 Å². The molecule has 1 aromatic rings. The largest absolute Gasteiger partial charge is 0.267 e. The Morgan fingerprint density at radius 2 is 2.40 bits per heavy atom. The predicted octanol–water partition coefficient (Wildman–Crippen LogP) is 2.16. The van der Waals surface area contributed by atoms with Gasteiger partial charge >= 0.3 is 0 Å². The molecule has 0 unspecified atom stereocenters. The standard InChI is InChI=1S/C8H14N2/c1-4-7(2)10-8(3)5-6-9-10/h5-7H,4H2,1-3H3/t7-/m1/s1. The van der Waals surface area contributed by atoms with Gasteiger partial charge in [0.1, 0.15) is 0 Å². The Bertz CT molecular complexity index is 203. The summed E-state index contributed by atoms with van der Waals surface area (Å²) in [7, 11) is 0. The summed E-state index contributed by atoms with van der Waals surface area (Å²) >= 11 is 0. The van der Waals surface area contributed by atoms with Gasteiger partial charge in [0.05, 0.1) is 0 Å². The van der Waals surface area contributed by atoms with E-state index in [4.69, 9.17) is 0 Å². The van der Waals surface area contributed by atoms with Crippen molar-refractivity contribution in [1.82, 2.24) is 9.78 Å². The Morgan fingerprint density at radius 1 is 1.70 bits per heavy atom. The third-order valence-corrected chi connectivity index (χ3v) is 1.88. The monoisotopic (exact) mass is 138 g/mol. The number of nitrogens with zero attached hydrogens (tertiary/aromatic N) is 2. The average molecular weight is 138 g/mol. The van der Waals surface area contributed by atoms with Crippen LogP contribution in [0.1, 0.15) is 32.0 Å². The highest BCUT2D eigenvalue weighted by Crippen LogP contribution is 2.10. The summed E-state index contributed by atoms with van der Waals surface area (Å²) in [6.07, 6.45) is 2.99. The molecule has 2 nitrogen and oxygen atoms in total. The number of rotatable bonds is 2. The lowest BCUT2D eigenvalue weighted by Crippen LogP contribution is -2.06. The third kappa shape index (κ3) is 1.20. The molecule has 1 aromatic heterocycles. The van der Waals surface area contributed by atoms with Crippen LogP contribution in [0.25, 0.3) is 0 Å². The Kier molecular flexibility index (Phi) is 2.10. The van der Waals surface area contributed by atoms with Gasteiger partial charge in [-0.25, -0.2) is 0 Å². The van der Waals surface area contributed by atoms with Crippen LogP contribution in [0.3, 0.4) is 0 Å². The van der Waals surface area contributed by atoms with Crippen LogP contribution in [0.4, 0.5) is 0 Å². The highest BCUT2D eigenvalue weighted by atomic mass is 15.3. The molecule has 0 aliphatic heterocycles. The van der Waals surface area contributed by atoms with Crippen LogP contribution in [0.5, 0.6) is 0 Å². The second-order valence-electron chi connectivity index (χ2n) is 2.67. The number of aryl methyl sites for hydroxylation is 1. The summed E-state index contributed by atoms with van der Waals surface area (Å²) < 4.78 is 2.06. The molecular weight excluding hydrogens is 124 g/mol. The highest BCUT2D eigenvalue weighted by molar-refractivity contribution is 4.97. The van der Waals surface area contributed by atoms with Crippen molar-refractivity contribution in [3.05, 3.63) is 18.0 Å². The zero-order valence-electron chi connectivity index (χ0n) is 6.83. The van der Waals surface area contributed by atoms with E-state index in [9.17, 15) is 0 Å². The zero-order valence-corrected chi connectivity index (χ0v) is 6.83. The van der Waals surface area contributed by atoms with Gasteiger partial charge in [-0.3, -0.25) is 4.68 Å². The molecule has 56 valence electrons. The Morgan fingerprint density at radius 3 is 2.80 bits per heavy atom. The van der Waals surface area contributed by atoms with Crippen LogP contribution in [0.15, 0.2) is 12.3 Å². The third-order valence-electron chi connectivity index (χ3n) is 1.88. The van der Waals surface area contributed by atoms with Crippen molar-refractivity contribution in [1.29, 1.82) is 0 Å². The van der Waals surface area contributed by atoms with Gasteiger partial charge in [0.15, 0.2) is 0 Å². The fourth-order valence-electron chi connectivity index (χ4n) is 1.01. The lowest BCUT2D eigenvalue weighted by molar-refractivity contribution is 0.467. The molecule has 0 aliphatic carbocycles. The summed E-state index contributed by atoms with van der Waals surface area (Å²) in [6, 6.07) is 2.57. The van der Waals surface area contributed by atoms with Crippen molar-refractivity contribution >= 4 is 0 Å². The Labute approximate surface area is 61.9 Å². The van der Waals surface area contributed by atoms with Crippen molar-refractivity contribution in [3.63, 3.8) is 0 Å². The molecule has 0 radical (unpaired) electrons. The Balaban J connectivity index is 2.82. The van der Waals surface area contributed by atoms with Gasteiger partial charge in [0.2, 0.25) is 0 Å². The minimum absolute atomic E-state index is 0.537. The first-order valence-corrected chi connectivity index (χ1v) is 3.75. The molecule has 0 N–H and O–H groups in total. The molecule has 0 fully saturated rings. The van der Waals surface area contributed by atoms with Gasteiger partial charge in [0.25, 0.3) is 0 Å². The normalized spacial score (nSPS) is 13.5. The molecule has 0 aliphatic rings. The molecule has 10 heavy (non-hydrogen) atoms.